The summed E-state index contributed by atoms with van der Waals surface area (Å²) in [4.78, 5) is 2.23. The third kappa shape index (κ3) is 4.86. The van der Waals surface area contributed by atoms with Gasteiger partial charge in [0.25, 0.3) is 0 Å². The minimum absolute atomic E-state index is 0.554. The molecule has 0 saturated carbocycles. The Hall–Kier alpha value is -0.730. The number of allylic oxidation sites excluding steroid dienone is 1. The van der Waals surface area contributed by atoms with Crippen LogP contribution in [0.4, 0.5) is 0 Å². The molecule has 0 bridgehead atoms. The second-order valence-electron chi connectivity index (χ2n) is 4.10. The molecule has 1 atom stereocenters. The highest BCUT2D eigenvalue weighted by Gasteiger charge is 2.09. The molecule has 1 unspecified atom stereocenters. The zero-order chi connectivity index (χ0) is 11.8. The highest BCUT2D eigenvalue weighted by molar-refractivity contribution is 7.99. The summed E-state index contributed by atoms with van der Waals surface area (Å²) in [5.74, 6) is 1.17. The molecule has 0 radical (unpaired) electrons. The van der Waals surface area contributed by atoms with Gasteiger partial charge in [0, 0.05) is 17.5 Å². The van der Waals surface area contributed by atoms with Gasteiger partial charge in [-0.15, -0.1) is 6.58 Å². The van der Waals surface area contributed by atoms with Crippen LogP contribution in [0.2, 0.25) is 0 Å². The lowest BCUT2D eigenvalue weighted by Crippen LogP contribution is -2.15. The van der Waals surface area contributed by atoms with E-state index in [0.29, 0.717) is 5.25 Å². The fourth-order valence-electron chi connectivity index (χ4n) is 1.50. The number of rotatable bonds is 7. The number of nitrogens with zero attached hydrogens (tertiary/aromatic N) is 1. The first-order valence-electron chi connectivity index (χ1n) is 5.66. The Morgan fingerprint density at radius 1 is 1.31 bits per heavy atom. The number of hydrogen-bond donors (Lipinski definition) is 0. The number of hydrogen-bond acceptors (Lipinski definition) is 2. The van der Waals surface area contributed by atoms with Crippen LogP contribution in [0.25, 0.3) is 0 Å². The van der Waals surface area contributed by atoms with Crippen molar-refractivity contribution in [3.8, 4) is 0 Å². The smallest absolute Gasteiger partial charge is 0.0332 e. The van der Waals surface area contributed by atoms with Crippen molar-refractivity contribution in [1.82, 2.24) is 4.90 Å². The second kappa shape index (κ2) is 7.53. The first-order valence-corrected chi connectivity index (χ1v) is 6.71. The van der Waals surface area contributed by atoms with Gasteiger partial charge in [-0.05, 0) is 26.1 Å². The van der Waals surface area contributed by atoms with Crippen LogP contribution in [0.5, 0.6) is 0 Å². The van der Waals surface area contributed by atoms with E-state index < -0.39 is 0 Å². The summed E-state index contributed by atoms with van der Waals surface area (Å²) in [6.07, 6.45) is 3.06. The maximum atomic E-state index is 3.85. The molecule has 1 rings (SSSR count). The molecule has 1 nitrogen and oxygen atoms in total. The van der Waals surface area contributed by atoms with E-state index in [4.69, 9.17) is 0 Å². The van der Waals surface area contributed by atoms with E-state index in [0.717, 1.165) is 13.0 Å². The van der Waals surface area contributed by atoms with Crippen LogP contribution in [0.3, 0.4) is 0 Å². The molecule has 16 heavy (non-hydrogen) atoms. The summed E-state index contributed by atoms with van der Waals surface area (Å²) in [6.45, 7) is 4.98. The Labute approximate surface area is 104 Å². The van der Waals surface area contributed by atoms with Crippen molar-refractivity contribution in [3.63, 3.8) is 0 Å². The predicted molar refractivity (Wildman–Crippen MR) is 75.0 cm³/mol. The molecule has 0 amide bonds. The third-order valence-corrected chi connectivity index (χ3v) is 3.69. The maximum Gasteiger partial charge on any atom is 0.0332 e. The molecule has 0 aliphatic heterocycles. The van der Waals surface area contributed by atoms with E-state index in [-0.39, 0.29) is 0 Å². The molecule has 0 heterocycles. The second-order valence-corrected chi connectivity index (χ2v) is 5.41. The van der Waals surface area contributed by atoms with Crippen LogP contribution in [0.1, 0.15) is 17.2 Å². The molecule has 0 fully saturated rings. The Kier molecular flexibility index (Phi) is 6.27. The molecule has 0 aromatic heterocycles. The molecule has 0 aliphatic rings. The van der Waals surface area contributed by atoms with Gasteiger partial charge in [0.05, 0.1) is 0 Å². The summed E-state index contributed by atoms with van der Waals surface area (Å²) in [7, 11) is 4.23. The lowest BCUT2D eigenvalue weighted by Gasteiger charge is -2.16. The highest BCUT2D eigenvalue weighted by Crippen LogP contribution is 2.31. The van der Waals surface area contributed by atoms with Crippen molar-refractivity contribution < 1.29 is 0 Å². The van der Waals surface area contributed by atoms with Crippen molar-refractivity contribution in [1.29, 1.82) is 0 Å². The summed E-state index contributed by atoms with van der Waals surface area (Å²) in [5, 5.41) is 0.554. The molecular weight excluding hydrogens is 214 g/mol. The normalized spacial score (nSPS) is 12.7. The van der Waals surface area contributed by atoms with Crippen molar-refractivity contribution in [2.24, 2.45) is 0 Å². The lowest BCUT2D eigenvalue weighted by molar-refractivity contribution is 0.437. The molecular formula is C14H21NS. The average Bonchev–Trinajstić information content (AvgIpc) is 2.29. The van der Waals surface area contributed by atoms with Gasteiger partial charge in [-0.3, -0.25) is 0 Å². The van der Waals surface area contributed by atoms with Gasteiger partial charge in [0.15, 0.2) is 0 Å². The summed E-state index contributed by atoms with van der Waals surface area (Å²) in [5.41, 5.74) is 1.41. The lowest BCUT2D eigenvalue weighted by atomic mass is 10.1. The van der Waals surface area contributed by atoms with Gasteiger partial charge in [-0.25, -0.2) is 0 Å². The fourth-order valence-corrected chi connectivity index (χ4v) is 2.87. The zero-order valence-electron chi connectivity index (χ0n) is 10.2. The minimum atomic E-state index is 0.554. The van der Waals surface area contributed by atoms with E-state index in [1.165, 1.54) is 11.3 Å². The van der Waals surface area contributed by atoms with E-state index >= 15 is 0 Å². The topological polar surface area (TPSA) is 3.24 Å². The van der Waals surface area contributed by atoms with Gasteiger partial charge < -0.3 is 4.90 Å². The summed E-state index contributed by atoms with van der Waals surface area (Å²) < 4.78 is 0. The Morgan fingerprint density at radius 2 is 2.00 bits per heavy atom. The molecule has 1 aromatic carbocycles. The third-order valence-electron chi connectivity index (χ3n) is 2.41. The number of benzene rings is 1. The van der Waals surface area contributed by atoms with E-state index in [1.807, 2.05) is 17.8 Å². The summed E-state index contributed by atoms with van der Waals surface area (Å²) in [6, 6.07) is 10.7. The van der Waals surface area contributed by atoms with Crippen LogP contribution in [0, 0.1) is 0 Å². The quantitative estimate of drug-likeness (QED) is 0.664. The Morgan fingerprint density at radius 3 is 2.56 bits per heavy atom. The maximum absolute atomic E-state index is 3.85. The first-order chi connectivity index (χ1) is 7.74. The van der Waals surface area contributed by atoms with Crippen LogP contribution in [-0.4, -0.2) is 31.3 Å². The zero-order valence-corrected chi connectivity index (χ0v) is 11.0. The SMILES string of the molecule is C=CCC(SCCN(C)C)c1ccccc1. The van der Waals surface area contributed by atoms with Crippen molar-refractivity contribution in [2.75, 3.05) is 26.4 Å². The highest BCUT2D eigenvalue weighted by atomic mass is 32.2. The largest absolute Gasteiger partial charge is 0.309 e. The van der Waals surface area contributed by atoms with Gasteiger partial charge in [-0.1, -0.05) is 36.4 Å². The fraction of sp³-hybridized carbons (Fsp3) is 0.429. The van der Waals surface area contributed by atoms with Crippen LogP contribution < -0.4 is 0 Å². The predicted octanol–water partition coefficient (Wildman–Crippen LogP) is 3.60. The molecule has 0 spiro atoms. The Balaban J connectivity index is 2.51. The molecule has 1 aromatic rings. The van der Waals surface area contributed by atoms with Gasteiger partial charge in [-0.2, -0.15) is 11.8 Å². The first kappa shape index (κ1) is 13.3. The van der Waals surface area contributed by atoms with Crippen molar-refractivity contribution in [3.05, 3.63) is 48.6 Å². The van der Waals surface area contributed by atoms with Crippen molar-refractivity contribution in [2.45, 2.75) is 11.7 Å². The summed E-state index contributed by atoms with van der Waals surface area (Å²) >= 11 is 2.01. The number of thioether (sulfide) groups is 1. The van der Waals surface area contributed by atoms with E-state index in [2.05, 4.69) is 55.9 Å². The van der Waals surface area contributed by atoms with Gasteiger partial charge in [0.2, 0.25) is 0 Å². The van der Waals surface area contributed by atoms with Gasteiger partial charge >= 0.3 is 0 Å². The molecule has 0 N–H and O–H groups in total. The van der Waals surface area contributed by atoms with Crippen molar-refractivity contribution >= 4 is 11.8 Å². The minimum Gasteiger partial charge on any atom is -0.309 e. The van der Waals surface area contributed by atoms with Crippen LogP contribution >= 0.6 is 11.8 Å². The monoisotopic (exact) mass is 235 g/mol. The molecule has 0 aliphatic carbocycles. The average molecular weight is 235 g/mol. The Bertz CT molecular complexity index is 295. The van der Waals surface area contributed by atoms with Crippen LogP contribution in [0.15, 0.2) is 43.0 Å². The molecule has 88 valence electrons. The molecule has 0 saturated heterocycles. The molecule has 2 heteroatoms. The standard InChI is InChI=1S/C14H21NS/c1-4-8-14(16-12-11-15(2)3)13-9-6-5-7-10-13/h4-7,9-10,14H,1,8,11-12H2,2-3H3. The van der Waals surface area contributed by atoms with Gasteiger partial charge in [0.1, 0.15) is 0 Å². The van der Waals surface area contributed by atoms with Crippen LogP contribution in [-0.2, 0) is 0 Å². The van der Waals surface area contributed by atoms with E-state index in [1.54, 1.807) is 0 Å². The van der Waals surface area contributed by atoms with E-state index in [9.17, 15) is 0 Å².